The Morgan fingerprint density at radius 3 is 2.87 bits per heavy atom. The number of aliphatic carboxylic acids is 1. The van der Waals surface area contributed by atoms with Crippen LogP contribution in [0.4, 0.5) is 13.2 Å². The number of halogens is 4. The molecule has 0 saturated carbocycles. The monoisotopic (exact) mass is 349 g/mol. The molecule has 23 heavy (non-hydrogen) atoms. The number of carboxylic acid groups (broad SMARTS) is 1. The first-order chi connectivity index (χ1) is 10.7. The quantitative estimate of drug-likeness (QED) is 0.922. The highest BCUT2D eigenvalue weighted by Crippen LogP contribution is 2.55. The van der Waals surface area contributed by atoms with Crippen LogP contribution in [0.15, 0.2) is 12.3 Å². The normalized spacial score (nSPS) is 24.1. The minimum absolute atomic E-state index is 0.0442. The van der Waals surface area contributed by atoms with Crippen LogP contribution in [-0.2, 0) is 15.1 Å². The molecule has 1 aliphatic carbocycles. The molecule has 0 fully saturated rings. The highest BCUT2D eigenvalue weighted by atomic mass is 35.5. The Hall–Kier alpha value is -1.87. The third kappa shape index (κ3) is 2.18. The van der Waals surface area contributed by atoms with Gasteiger partial charge in [-0.1, -0.05) is 11.6 Å². The molecule has 1 N–H and O–H groups in total. The van der Waals surface area contributed by atoms with Crippen molar-refractivity contribution in [3.63, 3.8) is 0 Å². The Morgan fingerprint density at radius 1 is 1.61 bits per heavy atom. The Morgan fingerprint density at radius 2 is 2.30 bits per heavy atom. The smallest absolute Gasteiger partial charge is 0.423 e. The molecule has 2 unspecified atom stereocenters. The number of ether oxygens (including phenoxy) is 1. The van der Waals surface area contributed by atoms with Gasteiger partial charge in [0, 0.05) is 30.9 Å². The number of rotatable bonds is 3. The van der Waals surface area contributed by atoms with Crippen LogP contribution >= 0.6 is 11.6 Å². The maximum absolute atomic E-state index is 13.8. The van der Waals surface area contributed by atoms with E-state index < -0.39 is 30.1 Å². The van der Waals surface area contributed by atoms with Gasteiger partial charge < -0.3 is 9.84 Å². The maximum Gasteiger partial charge on any atom is 0.423 e. The summed E-state index contributed by atoms with van der Waals surface area (Å²) in [6.07, 6.45) is -4.48. The van der Waals surface area contributed by atoms with Gasteiger partial charge in [-0.15, -0.1) is 0 Å². The lowest BCUT2D eigenvalue weighted by Gasteiger charge is -2.32. The van der Waals surface area contributed by atoms with Crippen molar-refractivity contribution in [1.29, 1.82) is 0 Å². The molecule has 0 bridgehead atoms. The molecule has 0 amide bonds. The van der Waals surface area contributed by atoms with E-state index >= 15 is 0 Å². The van der Waals surface area contributed by atoms with Gasteiger partial charge in [-0.05, 0) is 6.92 Å². The second-order valence-corrected chi connectivity index (χ2v) is 5.54. The summed E-state index contributed by atoms with van der Waals surface area (Å²) in [5, 5.41) is 13.1. The third-order valence-corrected chi connectivity index (χ3v) is 4.06. The number of carbonyl (C=O) groups is 1. The van der Waals surface area contributed by atoms with E-state index in [1.807, 2.05) is 0 Å². The first kappa shape index (κ1) is 16.0. The van der Waals surface area contributed by atoms with E-state index in [1.54, 1.807) is 0 Å². The van der Waals surface area contributed by atoms with Crippen LogP contribution in [0.25, 0.3) is 5.65 Å². The number of aromatic nitrogens is 3. The highest BCUT2D eigenvalue weighted by molar-refractivity contribution is 6.29. The lowest BCUT2D eigenvalue weighted by molar-refractivity contribution is -0.285. The summed E-state index contributed by atoms with van der Waals surface area (Å²) in [5.74, 6) is -2.77. The van der Waals surface area contributed by atoms with E-state index in [0.717, 1.165) is 10.7 Å². The van der Waals surface area contributed by atoms with Crippen molar-refractivity contribution in [2.45, 2.75) is 31.0 Å². The first-order valence-corrected chi connectivity index (χ1v) is 7.07. The molecule has 2 aromatic rings. The second-order valence-electron chi connectivity index (χ2n) is 5.15. The maximum atomic E-state index is 13.8. The van der Waals surface area contributed by atoms with Crippen molar-refractivity contribution in [2.24, 2.45) is 0 Å². The average Bonchev–Trinajstić information content (AvgIpc) is 2.96. The molecule has 3 rings (SSSR count). The Kier molecular flexibility index (Phi) is 3.53. The van der Waals surface area contributed by atoms with E-state index in [9.17, 15) is 23.1 Å². The van der Waals surface area contributed by atoms with E-state index in [1.165, 1.54) is 13.0 Å². The van der Waals surface area contributed by atoms with E-state index in [4.69, 9.17) is 16.3 Å². The molecule has 124 valence electrons. The summed E-state index contributed by atoms with van der Waals surface area (Å²) in [6.45, 7) is 1.17. The highest BCUT2D eigenvalue weighted by Gasteiger charge is 2.65. The van der Waals surface area contributed by atoms with Crippen LogP contribution in [0, 0.1) is 0 Å². The Labute approximate surface area is 132 Å². The molecule has 0 aromatic carbocycles. The molecule has 10 heteroatoms. The molecule has 2 heterocycles. The van der Waals surface area contributed by atoms with Gasteiger partial charge >= 0.3 is 12.1 Å². The SMILES string of the molecule is CCOC1(C(F)(F)F)CC(C(=O)O)c2cnc3cc(Cl)nn3c21. The zero-order chi connectivity index (χ0) is 17.0. The second kappa shape index (κ2) is 5.07. The summed E-state index contributed by atoms with van der Waals surface area (Å²) in [4.78, 5) is 15.4. The van der Waals surface area contributed by atoms with Crippen molar-refractivity contribution >= 4 is 23.2 Å². The van der Waals surface area contributed by atoms with Crippen molar-refractivity contribution in [3.05, 3.63) is 28.7 Å². The fourth-order valence-electron chi connectivity index (χ4n) is 3.00. The van der Waals surface area contributed by atoms with Crippen LogP contribution in [0.5, 0.6) is 0 Å². The lowest BCUT2D eigenvalue weighted by atomic mass is 9.97. The van der Waals surface area contributed by atoms with Crippen molar-refractivity contribution in [2.75, 3.05) is 6.61 Å². The molecule has 0 radical (unpaired) electrons. The summed E-state index contributed by atoms with van der Waals surface area (Å²) < 4.78 is 47.5. The molecule has 1 aliphatic rings. The number of carboxylic acids is 1. The summed E-state index contributed by atoms with van der Waals surface area (Å²) >= 11 is 5.76. The van der Waals surface area contributed by atoms with Crippen LogP contribution in [0.2, 0.25) is 5.15 Å². The lowest BCUT2D eigenvalue weighted by Crippen LogP contribution is -2.45. The zero-order valence-electron chi connectivity index (χ0n) is 11.8. The van der Waals surface area contributed by atoms with Gasteiger partial charge in [-0.3, -0.25) is 4.79 Å². The summed E-state index contributed by atoms with van der Waals surface area (Å²) in [6, 6.07) is 1.29. The van der Waals surface area contributed by atoms with Crippen LogP contribution < -0.4 is 0 Å². The van der Waals surface area contributed by atoms with Crippen molar-refractivity contribution < 1.29 is 27.8 Å². The predicted molar refractivity (Wildman–Crippen MR) is 72.3 cm³/mol. The van der Waals surface area contributed by atoms with Crippen LogP contribution in [0.1, 0.15) is 30.5 Å². The molecular weight excluding hydrogens is 339 g/mol. The van der Waals surface area contributed by atoms with Gasteiger partial charge in [-0.2, -0.15) is 18.3 Å². The number of hydrogen-bond donors (Lipinski definition) is 1. The van der Waals surface area contributed by atoms with E-state index in [0.29, 0.717) is 0 Å². The first-order valence-electron chi connectivity index (χ1n) is 6.69. The fraction of sp³-hybridized carbons (Fsp3) is 0.462. The zero-order valence-corrected chi connectivity index (χ0v) is 12.5. The van der Waals surface area contributed by atoms with Crippen LogP contribution in [0.3, 0.4) is 0 Å². The molecule has 0 aliphatic heterocycles. The molecule has 6 nitrogen and oxygen atoms in total. The van der Waals surface area contributed by atoms with Crippen LogP contribution in [-0.4, -0.2) is 38.5 Å². The minimum Gasteiger partial charge on any atom is -0.481 e. The molecule has 2 aromatic heterocycles. The summed E-state index contributed by atoms with van der Waals surface area (Å²) in [5.41, 5.74) is -3.13. The van der Waals surface area contributed by atoms with E-state index in [2.05, 4.69) is 10.1 Å². The number of nitrogens with zero attached hydrogens (tertiary/aromatic N) is 3. The van der Waals surface area contributed by atoms with Crippen molar-refractivity contribution in [1.82, 2.24) is 14.6 Å². The van der Waals surface area contributed by atoms with Gasteiger partial charge in [0.25, 0.3) is 0 Å². The standard InChI is InChI=1S/C13H11ClF3N3O3/c1-2-23-12(13(15,16)17)4-6(11(21)22)7-5-18-9-3-8(14)19-20(9)10(7)12/h3,5-6H,2,4H2,1H3,(H,21,22). The third-order valence-electron chi connectivity index (χ3n) is 3.88. The Bertz CT molecular complexity index is 792. The van der Waals surface area contributed by atoms with Gasteiger partial charge in [0.05, 0.1) is 11.6 Å². The molecule has 0 spiro atoms. The minimum atomic E-state index is -4.82. The van der Waals surface area contributed by atoms with Gasteiger partial charge in [0.15, 0.2) is 10.8 Å². The van der Waals surface area contributed by atoms with E-state index in [-0.39, 0.29) is 28.7 Å². The topological polar surface area (TPSA) is 76.7 Å². The summed E-state index contributed by atoms with van der Waals surface area (Å²) in [7, 11) is 0. The molecule has 2 atom stereocenters. The average molecular weight is 350 g/mol. The van der Waals surface area contributed by atoms with Gasteiger partial charge in [0.2, 0.25) is 5.60 Å². The largest absolute Gasteiger partial charge is 0.481 e. The van der Waals surface area contributed by atoms with Gasteiger partial charge in [0.1, 0.15) is 0 Å². The Balaban J connectivity index is 2.38. The number of hydrogen-bond acceptors (Lipinski definition) is 4. The fourth-order valence-corrected chi connectivity index (χ4v) is 3.17. The number of fused-ring (bicyclic) bond motifs is 3. The number of alkyl halides is 3. The van der Waals surface area contributed by atoms with Gasteiger partial charge in [-0.25, -0.2) is 9.50 Å². The van der Waals surface area contributed by atoms with Crippen molar-refractivity contribution in [3.8, 4) is 0 Å². The molecular formula is C13H11ClF3N3O3. The molecule has 0 saturated heterocycles. The predicted octanol–water partition coefficient (Wildman–Crippen LogP) is 2.75.